The molecule has 7 heteroatoms. The quantitative estimate of drug-likeness (QED) is 0.626. The fourth-order valence-corrected chi connectivity index (χ4v) is 4.16. The maximum absolute atomic E-state index is 12.9. The van der Waals surface area contributed by atoms with Crippen molar-refractivity contribution >= 4 is 23.1 Å². The van der Waals surface area contributed by atoms with Gasteiger partial charge < -0.3 is 24.4 Å². The molecule has 0 amide bonds. The van der Waals surface area contributed by atoms with Gasteiger partial charge in [-0.15, -0.1) is 0 Å². The van der Waals surface area contributed by atoms with Crippen molar-refractivity contribution in [1.29, 1.82) is 0 Å². The minimum atomic E-state index is 0.0322. The number of hydrogen-bond acceptors (Lipinski definition) is 5. The summed E-state index contributed by atoms with van der Waals surface area (Å²) in [6, 6.07) is 5.49. The number of nitrogens with one attached hydrogen (secondary N) is 1. The molecule has 3 heterocycles. The third-order valence-electron chi connectivity index (χ3n) is 5.48. The van der Waals surface area contributed by atoms with Gasteiger partial charge in [0.2, 0.25) is 0 Å². The molecule has 1 atom stereocenters. The van der Waals surface area contributed by atoms with Gasteiger partial charge in [-0.25, -0.2) is 0 Å². The first-order valence-corrected chi connectivity index (χ1v) is 10.2. The lowest BCUT2D eigenvalue weighted by Gasteiger charge is -2.33. The molecule has 3 aliphatic rings. The first-order valence-electron chi connectivity index (χ1n) is 9.79. The van der Waals surface area contributed by atoms with E-state index in [1.54, 1.807) is 0 Å². The van der Waals surface area contributed by atoms with Crippen molar-refractivity contribution in [2.45, 2.75) is 31.8 Å². The number of nitrogens with zero attached hydrogens (tertiary/aromatic N) is 1. The van der Waals surface area contributed by atoms with Gasteiger partial charge in [0, 0.05) is 37.7 Å². The standard InChI is InChI=1S/C20H26N2O4S/c23-19(15-3-4-17-18(12-15)26-11-10-25-17)14-5-7-22(8-6-14)20(27)21-13-16-2-1-9-24-16/h3-4,12,14,16H,1-2,5-11,13H2,(H,21,27). The first-order chi connectivity index (χ1) is 13.2. The Morgan fingerprint density at radius 3 is 2.63 bits per heavy atom. The Morgan fingerprint density at radius 1 is 1.11 bits per heavy atom. The number of Topliss-reactive ketones (excluding diaryl/α,β-unsaturated/α-hetero) is 1. The van der Waals surface area contributed by atoms with E-state index in [9.17, 15) is 4.79 Å². The number of likely N-dealkylation sites (tertiary alicyclic amines) is 1. The monoisotopic (exact) mass is 390 g/mol. The lowest BCUT2D eigenvalue weighted by molar-refractivity contribution is 0.0869. The molecule has 0 bridgehead atoms. The number of thiocarbonyl (C=S) groups is 1. The zero-order valence-electron chi connectivity index (χ0n) is 15.4. The van der Waals surface area contributed by atoms with Crippen LogP contribution in [0.1, 0.15) is 36.0 Å². The molecule has 146 valence electrons. The maximum atomic E-state index is 12.9. The van der Waals surface area contributed by atoms with E-state index in [1.165, 1.54) is 0 Å². The number of fused-ring (bicyclic) bond motifs is 1. The van der Waals surface area contributed by atoms with Crippen molar-refractivity contribution < 1.29 is 19.0 Å². The van der Waals surface area contributed by atoms with Crippen molar-refractivity contribution in [3.63, 3.8) is 0 Å². The van der Waals surface area contributed by atoms with Gasteiger partial charge >= 0.3 is 0 Å². The highest BCUT2D eigenvalue weighted by Gasteiger charge is 2.28. The summed E-state index contributed by atoms with van der Waals surface area (Å²) in [4.78, 5) is 15.0. The SMILES string of the molecule is O=C(c1ccc2c(c1)OCCO2)C1CCN(C(=S)NCC2CCCO2)CC1. The topological polar surface area (TPSA) is 60.0 Å². The predicted octanol–water partition coefficient (Wildman–Crippen LogP) is 2.41. The van der Waals surface area contributed by atoms with Crippen molar-refractivity contribution in [2.75, 3.05) is 39.5 Å². The van der Waals surface area contributed by atoms with Crippen LogP contribution in [0.4, 0.5) is 0 Å². The van der Waals surface area contributed by atoms with E-state index in [0.29, 0.717) is 24.5 Å². The van der Waals surface area contributed by atoms with Crippen LogP contribution in [0.15, 0.2) is 18.2 Å². The van der Waals surface area contributed by atoms with Crippen molar-refractivity contribution in [3.8, 4) is 11.5 Å². The second-order valence-electron chi connectivity index (χ2n) is 7.31. The van der Waals surface area contributed by atoms with E-state index in [1.807, 2.05) is 18.2 Å². The molecule has 0 aliphatic carbocycles. The third kappa shape index (κ3) is 4.35. The number of carbonyl (C=O) groups is 1. The normalized spacial score (nSPS) is 22.5. The molecule has 0 spiro atoms. The van der Waals surface area contributed by atoms with Crippen LogP contribution in [-0.4, -0.2) is 61.4 Å². The number of ketones is 1. The molecular weight excluding hydrogens is 364 g/mol. The molecule has 1 unspecified atom stereocenters. The van der Waals surface area contributed by atoms with Crippen LogP contribution in [0.3, 0.4) is 0 Å². The van der Waals surface area contributed by atoms with E-state index in [4.69, 9.17) is 26.4 Å². The average Bonchev–Trinajstić information content (AvgIpc) is 3.25. The summed E-state index contributed by atoms with van der Waals surface area (Å²) in [5.74, 6) is 1.61. The molecule has 1 aromatic rings. The highest BCUT2D eigenvalue weighted by atomic mass is 32.1. The molecule has 1 aromatic carbocycles. The van der Waals surface area contributed by atoms with Crippen LogP contribution >= 0.6 is 12.2 Å². The smallest absolute Gasteiger partial charge is 0.169 e. The summed E-state index contributed by atoms with van der Waals surface area (Å²) in [6.07, 6.45) is 4.13. The summed E-state index contributed by atoms with van der Waals surface area (Å²) in [7, 11) is 0. The van der Waals surface area contributed by atoms with E-state index in [0.717, 1.165) is 62.8 Å². The highest BCUT2D eigenvalue weighted by molar-refractivity contribution is 7.80. The number of carbonyl (C=O) groups excluding carboxylic acids is 1. The van der Waals surface area contributed by atoms with Crippen LogP contribution in [0, 0.1) is 5.92 Å². The predicted molar refractivity (Wildman–Crippen MR) is 106 cm³/mol. The van der Waals surface area contributed by atoms with Crippen molar-refractivity contribution in [3.05, 3.63) is 23.8 Å². The summed E-state index contributed by atoms with van der Waals surface area (Å²) < 4.78 is 16.8. The van der Waals surface area contributed by atoms with Gasteiger partial charge in [0.05, 0.1) is 6.10 Å². The van der Waals surface area contributed by atoms with Crippen LogP contribution < -0.4 is 14.8 Å². The van der Waals surface area contributed by atoms with E-state index in [-0.39, 0.29) is 17.8 Å². The van der Waals surface area contributed by atoms with Crippen LogP contribution in [0.2, 0.25) is 0 Å². The molecule has 0 aromatic heterocycles. The zero-order valence-corrected chi connectivity index (χ0v) is 16.3. The molecule has 0 radical (unpaired) electrons. The van der Waals surface area contributed by atoms with Crippen molar-refractivity contribution in [1.82, 2.24) is 10.2 Å². The van der Waals surface area contributed by atoms with Gasteiger partial charge in [-0.2, -0.15) is 0 Å². The lowest BCUT2D eigenvalue weighted by atomic mass is 9.89. The van der Waals surface area contributed by atoms with E-state index in [2.05, 4.69) is 10.2 Å². The van der Waals surface area contributed by atoms with Crippen LogP contribution in [-0.2, 0) is 4.74 Å². The number of hydrogen-bond donors (Lipinski definition) is 1. The van der Waals surface area contributed by atoms with Crippen LogP contribution in [0.25, 0.3) is 0 Å². The Balaban J connectivity index is 1.28. The lowest BCUT2D eigenvalue weighted by Crippen LogP contribution is -2.47. The Labute approximate surface area is 165 Å². The van der Waals surface area contributed by atoms with Crippen LogP contribution in [0.5, 0.6) is 11.5 Å². The van der Waals surface area contributed by atoms with Gasteiger partial charge in [0.15, 0.2) is 22.4 Å². The van der Waals surface area contributed by atoms with Gasteiger partial charge in [-0.05, 0) is 56.1 Å². The Bertz CT molecular complexity index is 697. The summed E-state index contributed by atoms with van der Waals surface area (Å²) in [5.41, 5.74) is 0.705. The van der Waals surface area contributed by atoms with E-state index < -0.39 is 0 Å². The fourth-order valence-electron chi connectivity index (χ4n) is 3.90. The maximum Gasteiger partial charge on any atom is 0.169 e. The molecule has 2 fully saturated rings. The molecule has 1 N–H and O–H groups in total. The Hall–Kier alpha value is -1.86. The number of piperidine rings is 1. The highest BCUT2D eigenvalue weighted by Crippen LogP contribution is 2.32. The van der Waals surface area contributed by atoms with Gasteiger partial charge in [0.25, 0.3) is 0 Å². The molecule has 27 heavy (non-hydrogen) atoms. The summed E-state index contributed by atoms with van der Waals surface area (Å²) in [6.45, 7) is 4.32. The van der Waals surface area contributed by atoms with Gasteiger partial charge in [-0.1, -0.05) is 0 Å². The number of ether oxygens (including phenoxy) is 3. The molecule has 2 saturated heterocycles. The second-order valence-corrected chi connectivity index (χ2v) is 7.69. The minimum Gasteiger partial charge on any atom is -0.486 e. The zero-order chi connectivity index (χ0) is 18.6. The number of rotatable bonds is 4. The Kier molecular flexibility index (Phi) is 5.78. The molecular formula is C20H26N2O4S. The third-order valence-corrected chi connectivity index (χ3v) is 5.89. The molecule has 4 rings (SSSR count). The summed E-state index contributed by atoms with van der Waals surface area (Å²) >= 11 is 5.52. The van der Waals surface area contributed by atoms with Gasteiger partial charge in [-0.3, -0.25) is 4.79 Å². The summed E-state index contributed by atoms with van der Waals surface area (Å²) in [5, 5.41) is 4.10. The second kappa shape index (κ2) is 8.44. The van der Waals surface area contributed by atoms with Crippen molar-refractivity contribution in [2.24, 2.45) is 5.92 Å². The minimum absolute atomic E-state index is 0.0322. The van der Waals surface area contributed by atoms with Gasteiger partial charge in [0.1, 0.15) is 13.2 Å². The van der Waals surface area contributed by atoms with E-state index >= 15 is 0 Å². The number of benzene rings is 1. The largest absolute Gasteiger partial charge is 0.486 e. The Morgan fingerprint density at radius 2 is 1.89 bits per heavy atom. The molecule has 6 nitrogen and oxygen atoms in total. The fraction of sp³-hybridized carbons (Fsp3) is 0.600. The first kappa shape index (κ1) is 18.5. The molecule has 3 aliphatic heterocycles. The molecule has 0 saturated carbocycles. The average molecular weight is 391 g/mol.